The van der Waals surface area contributed by atoms with E-state index in [1.807, 2.05) is 12.1 Å². The zero-order valence-electron chi connectivity index (χ0n) is 21.1. The Hall–Kier alpha value is -3.62. The molecule has 1 fully saturated rings. The maximum Gasteiger partial charge on any atom is 0.325 e. The van der Waals surface area contributed by atoms with E-state index in [9.17, 15) is 19.2 Å². The SMILES string of the molecule is CCOC(=O)CN(C(=O)CNC(=O)c1ccco1)C(C(=O)NC1CCCC1)c1ccc(C(C)C)cc1. The minimum absolute atomic E-state index is 0.0214. The third kappa shape index (κ3) is 7.19. The summed E-state index contributed by atoms with van der Waals surface area (Å²) < 4.78 is 10.2. The molecule has 1 aliphatic rings. The Labute approximate surface area is 211 Å². The van der Waals surface area contributed by atoms with Gasteiger partial charge in [-0.05, 0) is 48.9 Å². The maximum absolute atomic E-state index is 13.6. The zero-order chi connectivity index (χ0) is 26.1. The molecular weight excluding hydrogens is 462 g/mol. The highest BCUT2D eigenvalue weighted by molar-refractivity contribution is 5.96. The number of hydrogen-bond donors (Lipinski definition) is 2. The Morgan fingerprint density at radius 2 is 1.72 bits per heavy atom. The number of nitrogens with one attached hydrogen (secondary N) is 2. The summed E-state index contributed by atoms with van der Waals surface area (Å²) in [4.78, 5) is 52.9. The second kappa shape index (κ2) is 12.9. The van der Waals surface area contributed by atoms with Gasteiger partial charge in [0, 0.05) is 6.04 Å². The van der Waals surface area contributed by atoms with Crippen LogP contribution in [0, 0.1) is 0 Å². The molecular formula is C27H35N3O6. The molecule has 0 spiro atoms. The fourth-order valence-corrected chi connectivity index (χ4v) is 4.31. The average molecular weight is 498 g/mol. The van der Waals surface area contributed by atoms with Crippen LogP contribution in [0.1, 0.15) is 80.1 Å². The molecule has 1 heterocycles. The van der Waals surface area contributed by atoms with Crippen molar-refractivity contribution in [3.05, 3.63) is 59.5 Å². The minimum Gasteiger partial charge on any atom is -0.465 e. The van der Waals surface area contributed by atoms with Gasteiger partial charge < -0.3 is 24.7 Å². The number of nitrogens with zero attached hydrogens (tertiary/aromatic N) is 1. The smallest absolute Gasteiger partial charge is 0.325 e. The van der Waals surface area contributed by atoms with Crippen LogP contribution in [0.25, 0.3) is 0 Å². The fourth-order valence-electron chi connectivity index (χ4n) is 4.31. The number of carbonyl (C=O) groups is 4. The standard InChI is InChI=1S/C27H35N3O6/c1-4-35-24(32)17-30(23(31)16-28-26(33)22-10-7-15-36-22)25(27(34)29-21-8-5-6-9-21)20-13-11-19(12-14-20)18(2)3/h7,10-15,18,21,25H,4-6,8-9,16-17H2,1-3H3,(H,28,33)(H,29,34). The zero-order valence-corrected chi connectivity index (χ0v) is 21.1. The molecule has 3 amide bonds. The van der Waals surface area contributed by atoms with Crippen LogP contribution in [-0.2, 0) is 19.1 Å². The summed E-state index contributed by atoms with van der Waals surface area (Å²) in [5.41, 5.74) is 1.66. The largest absolute Gasteiger partial charge is 0.465 e. The molecule has 0 saturated heterocycles. The predicted molar refractivity (Wildman–Crippen MR) is 133 cm³/mol. The van der Waals surface area contributed by atoms with Crippen LogP contribution in [0.3, 0.4) is 0 Å². The van der Waals surface area contributed by atoms with E-state index in [-0.39, 0.29) is 24.3 Å². The van der Waals surface area contributed by atoms with E-state index in [2.05, 4.69) is 24.5 Å². The lowest BCUT2D eigenvalue weighted by Gasteiger charge is -2.31. The van der Waals surface area contributed by atoms with Gasteiger partial charge in [-0.2, -0.15) is 0 Å². The number of benzene rings is 1. The molecule has 1 atom stereocenters. The van der Waals surface area contributed by atoms with Crippen LogP contribution in [0.2, 0.25) is 0 Å². The molecule has 1 aromatic heterocycles. The summed E-state index contributed by atoms with van der Waals surface area (Å²) in [5.74, 6) is -1.83. The van der Waals surface area contributed by atoms with Crippen molar-refractivity contribution in [3.8, 4) is 0 Å². The lowest BCUT2D eigenvalue weighted by molar-refractivity contribution is -0.152. The lowest BCUT2D eigenvalue weighted by Crippen LogP contribution is -2.50. The van der Waals surface area contributed by atoms with Crippen molar-refractivity contribution in [2.75, 3.05) is 19.7 Å². The Kier molecular flexibility index (Phi) is 9.67. The van der Waals surface area contributed by atoms with Crippen LogP contribution >= 0.6 is 0 Å². The van der Waals surface area contributed by atoms with Gasteiger partial charge >= 0.3 is 5.97 Å². The first-order valence-corrected chi connectivity index (χ1v) is 12.5. The second-order valence-corrected chi connectivity index (χ2v) is 9.20. The molecule has 1 aromatic carbocycles. The molecule has 0 aliphatic heterocycles. The van der Waals surface area contributed by atoms with Gasteiger partial charge in [0.05, 0.1) is 19.4 Å². The highest BCUT2D eigenvalue weighted by atomic mass is 16.5. The minimum atomic E-state index is -1.07. The third-order valence-electron chi connectivity index (χ3n) is 6.25. The second-order valence-electron chi connectivity index (χ2n) is 9.20. The summed E-state index contributed by atoms with van der Waals surface area (Å²) in [6.07, 6.45) is 5.16. The van der Waals surface area contributed by atoms with Crippen molar-refractivity contribution >= 4 is 23.7 Å². The van der Waals surface area contributed by atoms with E-state index in [4.69, 9.17) is 9.15 Å². The molecule has 1 saturated carbocycles. The molecule has 194 valence electrons. The van der Waals surface area contributed by atoms with E-state index in [0.29, 0.717) is 11.5 Å². The number of carbonyl (C=O) groups excluding carboxylic acids is 4. The van der Waals surface area contributed by atoms with Crippen molar-refractivity contribution in [3.63, 3.8) is 0 Å². The van der Waals surface area contributed by atoms with E-state index in [1.54, 1.807) is 25.1 Å². The van der Waals surface area contributed by atoms with Gasteiger partial charge in [-0.1, -0.05) is 51.0 Å². The molecule has 2 N–H and O–H groups in total. The van der Waals surface area contributed by atoms with E-state index in [0.717, 1.165) is 31.2 Å². The van der Waals surface area contributed by atoms with Crippen molar-refractivity contribution in [2.45, 2.75) is 64.5 Å². The number of hydrogen-bond acceptors (Lipinski definition) is 6. The molecule has 9 heteroatoms. The van der Waals surface area contributed by atoms with E-state index < -0.39 is 36.9 Å². The molecule has 1 aliphatic carbocycles. The third-order valence-corrected chi connectivity index (χ3v) is 6.25. The summed E-state index contributed by atoms with van der Waals surface area (Å²) in [6.45, 7) is 5.09. The van der Waals surface area contributed by atoms with E-state index in [1.165, 1.54) is 17.2 Å². The van der Waals surface area contributed by atoms with E-state index >= 15 is 0 Å². The molecule has 3 rings (SSSR count). The molecule has 1 unspecified atom stereocenters. The quantitative estimate of drug-likeness (QED) is 0.460. The first-order chi connectivity index (χ1) is 17.3. The van der Waals surface area contributed by atoms with Crippen LogP contribution < -0.4 is 10.6 Å². The normalized spacial score (nSPS) is 14.3. The van der Waals surface area contributed by atoms with Crippen LogP contribution in [0.5, 0.6) is 0 Å². The highest BCUT2D eigenvalue weighted by Gasteiger charge is 2.35. The summed E-state index contributed by atoms with van der Waals surface area (Å²) in [5, 5.41) is 5.56. The predicted octanol–water partition coefficient (Wildman–Crippen LogP) is 3.32. The van der Waals surface area contributed by atoms with Gasteiger partial charge in [0.1, 0.15) is 12.6 Å². The van der Waals surface area contributed by atoms with Crippen molar-refractivity contribution in [2.24, 2.45) is 0 Å². The molecule has 36 heavy (non-hydrogen) atoms. The van der Waals surface area contributed by atoms with Crippen molar-refractivity contribution in [1.82, 2.24) is 15.5 Å². The molecule has 0 bridgehead atoms. The van der Waals surface area contributed by atoms with Gasteiger partial charge in [-0.15, -0.1) is 0 Å². The Balaban J connectivity index is 1.89. The highest BCUT2D eigenvalue weighted by Crippen LogP contribution is 2.26. The van der Waals surface area contributed by atoms with Crippen LogP contribution in [0.4, 0.5) is 0 Å². The Bertz CT molecular complexity index is 1030. The maximum atomic E-state index is 13.6. The number of rotatable bonds is 11. The Morgan fingerprint density at radius 3 is 2.31 bits per heavy atom. The van der Waals surface area contributed by atoms with Crippen molar-refractivity contribution < 1.29 is 28.3 Å². The van der Waals surface area contributed by atoms with Crippen LogP contribution in [-0.4, -0.2) is 54.3 Å². The molecule has 9 nitrogen and oxygen atoms in total. The molecule has 2 aromatic rings. The lowest BCUT2D eigenvalue weighted by atomic mass is 9.97. The monoisotopic (exact) mass is 497 g/mol. The Morgan fingerprint density at radius 1 is 1.06 bits per heavy atom. The summed E-state index contributed by atoms with van der Waals surface area (Å²) in [7, 11) is 0. The first-order valence-electron chi connectivity index (χ1n) is 12.5. The van der Waals surface area contributed by atoms with Crippen LogP contribution in [0.15, 0.2) is 47.1 Å². The topological polar surface area (TPSA) is 118 Å². The van der Waals surface area contributed by atoms with Gasteiger partial charge in [0.2, 0.25) is 11.8 Å². The summed E-state index contributed by atoms with van der Waals surface area (Å²) >= 11 is 0. The van der Waals surface area contributed by atoms with Gasteiger partial charge in [0.15, 0.2) is 5.76 Å². The number of amides is 3. The first kappa shape index (κ1) is 27.0. The average Bonchev–Trinajstić information content (AvgIpc) is 3.57. The summed E-state index contributed by atoms with van der Waals surface area (Å²) in [6, 6.07) is 9.45. The number of ether oxygens (including phenoxy) is 1. The number of esters is 1. The molecule has 0 radical (unpaired) electrons. The van der Waals surface area contributed by atoms with Gasteiger partial charge in [-0.3, -0.25) is 19.2 Å². The number of furan rings is 1. The fraction of sp³-hybridized carbons (Fsp3) is 0.481. The van der Waals surface area contributed by atoms with Crippen molar-refractivity contribution in [1.29, 1.82) is 0 Å². The van der Waals surface area contributed by atoms with Gasteiger partial charge in [0.25, 0.3) is 5.91 Å². The van der Waals surface area contributed by atoms with Gasteiger partial charge in [-0.25, -0.2) is 0 Å².